The zero-order valence-corrected chi connectivity index (χ0v) is 20.0. The van der Waals surface area contributed by atoms with Gasteiger partial charge in [-0.2, -0.15) is 0 Å². The quantitative estimate of drug-likeness (QED) is 0.528. The van der Waals surface area contributed by atoms with Crippen LogP contribution in [0.1, 0.15) is 11.1 Å². The Hall–Kier alpha value is -2.49. The first-order valence-electron chi connectivity index (χ1n) is 8.96. The summed E-state index contributed by atoms with van der Waals surface area (Å²) in [6.45, 7) is 1.42. The van der Waals surface area contributed by atoms with Gasteiger partial charge in [-0.1, -0.05) is 17.7 Å². The number of hydrogen-bond acceptors (Lipinski definition) is 6. The van der Waals surface area contributed by atoms with E-state index >= 15 is 0 Å². The first-order valence-corrected chi connectivity index (χ1v) is 10.9. The van der Waals surface area contributed by atoms with Crippen molar-refractivity contribution in [1.82, 2.24) is 4.90 Å². The topological polar surface area (TPSA) is 84.9 Å². The minimum Gasteiger partial charge on any atom is -0.493 e. The van der Waals surface area contributed by atoms with Crippen LogP contribution >= 0.6 is 39.3 Å². The second-order valence-electron chi connectivity index (χ2n) is 6.51. The summed E-state index contributed by atoms with van der Waals surface area (Å²) >= 11 is 10.1. The second-order valence-corrected chi connectivity index (χ2v) is 8.80. The summed E-state index contributed by atoms with van der Waals surface area (Å²) in [5, 5.41) is 2.63. The van der Waals surface area contributed by atoms with Gasteiger partial charge in [0.05, 0.1) is 23.6 Å². The van der Waals surface area contributed by atoms with Crippen molar-refractivity contribution in [2.75, 3.05) is 26.1 Å². The molecule has 1 heterocycles. The summed E-state index contributed by atoms with van der Waals surface area (Å²) in [5.74, 6) is -0.0546. The number of amides is 3. The van der Waals surface area contributed by atoms with Crippen molar-refractivity contribution >= 4 is 68.1 Å². The van der Waals surface area contributed by atoms with Gasteiger partial charge in [-0.05, 0) is 76.1 Å². The highest BCUT2D eigenvalue weighted by atomic mass is 79.9. The molecule has 1 N–H and O–H groups in total. The van der Waals surface area contributed by atoms with Crippen LogP contribution < -0.4 is 14.8 Å². The van der Waals surface area contributed by atoms with Gasteiger partial charge in [0.1, 0.15) is 6.54 Å². The lowest BCUT2D eigenvalue weighted by Gasteiger charge is -2.14. The van der Waals surface area contributed by atoms with Gasteiger partial charge in [-0.25, -0.2) is 0 Å². The molecule has 1 aliphatic rings. The van der Waals surface area contributed by atoms with E-state index in [0.29, 0.717) is 32.2 Å². The first-order chi connectivity index (χ1) is 14.7. The maximum absolute atomic E-state index is 12.7. The summed E-state index contributed by atoms with van der Waals surface area (Å²) in [6, 6.07) is 8.51. The van der Waals surface area contributed by atoms with Gasteiger partial charge in [0.15, 0.2) is 11.5 Å². The van der Waals surface area contributed by atoms with E-state index in [0.717, 1.165) is 22.2 Å². The van der Waals surface area contributed by atoms with E-state index in [1.807, 2.05) is 6.92 Å². The van der Waals surface area contributed by atoms with Crippen LogP contribution in [0.25, 0.3) is 6.08 Å². The predicted octanol–water partition coefficient (Wildman–Crippen LogP) is 5.10. The van der Waals surface area contributed by atoms with E-state index in [-0.39, 0.29) is 4.91 Å². The molecule has 7 nitrogen and oxygen atoms in total. The Morgan fingerprint density at radius 2 is 1.97 bits per heavy atom. The maximum atomic E-state index is 12.7. The van der Waals surface area contributed by atoms with E-state index < -0.39 is 23.6 Å². The number of anilines is 1. The molecule has 0 aliphatic carbocycles. The molecule has 10 heteroatoms. The molecule has 0 aromatic heterocycles. The molecule has 3 rings (SSSR count). The third-order valence-electron chi connectivity index (χ3n) is 4.40. The molecule has 1 saturated heterocycles. The van der Waals surface area contributed by atoms with Crippen molar-refractivity contribution in [2.45, 2.75) is 6.92 Å². The van der Waals surface area contributed by atoms with Crippen LogP contribution in [0.2, 0.25) is 5.02 Å². The van der Waals surface area contributed by atoms with Crippen molar-refractivity contribution < 1.29 is 23.9 Å². The maximum Gasteiger partial charge on any atom is 0.294 e. The number of hydrogen-bond donors (Lipinski definition) is 1. The van der Waals surface area contributed by atoms with E-state index in [9.17, 15) is 14.4 Å². The molecule has 1 fully saturated rings. The van der Waals surface area contributed by atoms with Gasteiger partial charge in [0.25, 0.3) is 11.1 Å². The van der Waals surface area contributed by atoms with Gasteiger partial charge in [0, 0.05) is 10.7 Å². The monoisotopic (exact) mass is 524 g/mol. The minimum absolute atomic E-state index is 0.204. The predicted molar refractivity (Wildman–Crippen MR) is 125 cm³/mol. The van der Waals surface area contributed by atoms with Crippen LogP contribution in [-0.2, 0) is 9.59 Å². The Morgan fingerprint density at radius 3 is 2.65 bits per heavy atom. The standard InChI is InChI=1S/C21H18BrClN2O5S/c1-11-4-5-13(23)9-15(11)24-18(26)10-25-20(27)17(31-21(25)28)8-12-6-14(22)19(30-3)16(7-12)29-2/h4-9H,10H2,1-3H3,(H,24,26)/b17-8+. The highest BCUT2D eigenvalue weighted by molar-refractivity contribution is 9.10. The molecule has 0 saturated carbocycles. The Bertz CT molecular complexity index is 1110. The number of methoxy groups -OCH3 is 2. The smallest absolute Gasteiger partial charge is 0.294 e. The van der Waals surface area contributed by atoms with E-state index in [4.69, 9.17) is 21.1 Å². The summed E-state index contributed by atoms with van der Waals surface area (Å²) in [7, 11) is 3.02. The molecule has 3 amide bonds. The van der Waals surface area contributed by atoms with Crippen molar-refractivity contribution in [3.05, 3.63) is 55.9 Å². The molecule has 0 spiro atoms. The fraction of sp³-hybridized carbons (Fsp3) is 0.190. The number of thioether (sulfide) groups is 1. The largest absolute Gasteiger partial charge is 0.493 e. The van der Waals surface area contributed by atoms with Gasteiger partial charge in [0.2, 0.25) is 5.91 Å². The summed E-state index contributed by atoms with van der Waals surface area (Å²) < 4.78 is 11.2. The van der Waals surface area contributed by atoms with Crippen LogP contribution in [0, 0.1) is 6.92 Å². The fourth-order valence-corrected chi connectivity index (χ4v) is 4.50. The highest BCUT2D eigenvalue weighted by Gasteiger charge is 2.36. The van der Waals surface area contributed by atoms with E-state index in [1.54, 1.807) is 36.4 Å². The zero-order valence-electron chi connectivity index (χ0n) is 16.8. The van der Waals surface area contributed by atoms with E-state index in [2.05, 4.69) is 21.2 Å². The van der Waals surface area contributed by atoms with Crippen LogP contribution in [-0.4, -0.2) is 42.7 Å². The Morgan fingerprint density at radius 1 is 1.23 bits per heavy atom. The Kier molecular flexibility index (Phi) is 7.30. The average Bonchev–Trinajstić information content (AvgIpc) is 2.97. The van der Waals surface area contributed by atoms with Crippen LogP contribution in [0.5, 0.6) is 11.5 Å². The molecule has 2 aromatic rings. The molecule has 2 aromatic carbocycles. The van der Waals surface area contributed by atoms with Gasteiger partial charge < -0.3 is 14.8 Å². The SMILES string of the molecule is COc1cc(/C=C2/SC(=O)N(CC(=O)Nc3cc(Cl)ccc3C)C2=O)cc(Br)c1OC. The van der Waals surface area contributed by atoms with Crippen molar-refractivity contribution in [2.24, 2.45) is 0 Å². The normalized spacial score (nSPS) is 14.9. The molecule has 31 heavy (non-hydrogen) atoms. The fourth-order valence-electron chi connectivity index (χ4n) is 2.87. The number of benzene rings is 2. The van der Waals surface area contributed by atoms with Crippen molar-refractivity contribution in [3.8, 4) is 11.5 Å². The third kappa shape index (κ3) is 5.23. The number of carbonyl (C=O) groups is 3. The summed E-state index contributed by atoms with van der Waals surface area (Å²) in [6.07, 6.45) is 1.57. The molecular formula is C21H18BrClN2O5S. The second kappa shape index (κ2) is 9.76. The van der Waals surface area contributed by atoms with Crippen molar-refractivity contribution in [3.63, 3.8) is 0 Å². The zero-order chi connectivity index (χ0) is 22.7. The average molecular weight is 526 g/mol. The Balaban J connectivity index is 1.77. The molecule has 0 bridgehead atoms. The summed E-state index contributed by atoms with van der Waals surface area (Å²) in [5.41, 5.74) is 1.97. The number of aryl methyl sites for hydroxylation is 1. The minimum atomic E-state index is -0.543. The van der Waals surface area contributed by atoms with Crippen molar-refractivity contribution in [1.29, 1.82) is 0 Å². The number of halogens is 2. The lowest BCUT2D eigenvalue weighted by molar-refractivity contribution is -0.127. The first kappa shape index (κ1) is 23.2. The molecule has 0 unspecified atom stereocenters. The van der Waals surface area contributed by atoms with Crippen LogP contribution in [0.15, 0.2) is 39.7 Å². The highest BCUT2D eigenvalue weighted by Crippen LogP contribution is 2.38. The van der Waals surface area contributed by atoms with Gasteiger partial charge >= 0.3 is 0 Å². The molecule has 0 atom stereocenters. The number of nitrogens with zero attached hydrogens (tertiary/aromatic N) is 1. The van der Waals surface area contributed by atoms with Crippen LogP contribution in [0.4, 0.5) is 10.5 Å². The lowest BCUT2D eigenvalue weighted by atomic mass is 10.2. The number of carbonyl (C=O) groups excluding carboxylic acids is 3. The molecule has 1 aliphatic heterocycles. The number of rotatable bonds is 6. The summed E-state index contributed by atoms with van der Waals surface area (Å²) in [4.78, 5) is 38.6. The molecule has 162 valence electrons. The lowest BCUT2D eigenvalue weighted by Crippen LogP contribution is -2.36. The molecule has 0 radical (unpaired) electrons. The number of ether oxygens (including phenoxy) is 2. The van der Waals surface area contributed by atoms with Crippen LogP contribution in [0.3, 0.4) is 0 Å². The number of nitrogens with one attached hydrogen (secondary N) is 1. The number of imide groups is 1. The third-order valence-corrected chi connectivity index (χ3v) is 6.13. The van der Waals surface area contributed by atoms with Gasteiger partial charge in [-0.15, -0.1) is 0 Å². The van der Waals surface area contributed by atoms with E-state index in [1.165, 1.54) is 14.2 Å². The van der Waals surface area contributed by atoms with Gasteiger partial charge in [-0.3, -0.25) is 19.3 Å². The molecular weight excluding hydrogens is 508 g/mol. The Labute approximate surface area is 196 Å².